The van der Waals surface area contributed by atoms with Crippen molar-refractivity contribution in [3.8, 4) is 0 Å². The molecule has 2 saturated heterocycles. The SMILES string of the molecule is CNC[C@@H](C)C(=O)N[C@H]1CN(C(=O)Cc2ccc(F)cc2F)CC[C@H]2CC[C@@H](C(=O)NC(c3ccccc3)c3ccccc3)N2C1=O. The number of fused-ring (bicyclic) bond motifs is 1. The number of carbonyl (C=O) groups excluding carboxylic acids is 4. The van der Waals surface area contributed by atoms with Crippen molar-refractivity contribution in [1.82, 2.24) is 25.8 Å². The number of carbonyl (C=O) groups is 4. The second-order valence-electron chi connectivity index (χ2n) is 12.3. The number of hydrogen-bond acceptors (Lipinski definition) is 5. The van der Waals surface area contributed by atoms with Crippen LogP contribution in [-0.4, -0.2) is 78.2 Å². The fourth-order valence-corrected chi connectivity index (χ4v) is 6.51. The van der Waals surface area contributed by atoms with E-state index in [0.717, 1.165) is 23.3 Å². The number of nitrogens with zero attached hydrogens (tertiary/aromatic N) is 2. The van der Waals surface area contributed by atoms with Crippen LogP contribution in [0, 0.1) is 17.6 Å². The van der Waals surface area contributed by atoms with Crippen LogP contribution in [0.5, 0.6) is 0 Å². The van der Waals surface area contributed by atoms with Gasteiger partial charge in [-0.15, -0.1) is 0 Å². The fraction of sp³-hybridized carbons (Fsp3) is 0.389. The van der Waals surface area contributed by atoms with Gasteiger partial charge < -0.3 is 25.8 Å². The van der Waals surface area contributed by atoms with Gasteiger partial charge in [0.2, 0.25) is 23.6 Å². The van der Waals surface area contributed by atoms with Crippen LogP contribution in [0.3, 0.4) is 0 Å². The molecule has 47 heavy (non-hydrogen) atoms. The summed E-state index contributed by atoms with van der Waals surface area (Å²) in [6.07, 6.45) is 1.04. The molecule has 4 atom stereocenters. The molecule has 0 radical (unpaired) electrons. The lowest BCUT2D eigenvalue weighted by Crippen LogP contribution is -2.62. The standard InChI is InChI=1S/C36H41F2N5O4/c1-23(21-39-2)34(45)40-30-22-42(32(44)19-26-13-14-27(37)20-29(26)38)18-17-28-15-16-31(43(28)36(30)47)35(46)41-33(24-9-5-3-6-10-24)25-11-7-4-8-12-25/h3-14,20,23,28,30-31,33,39H,15-19,21-22H2,1-2H3,(H,40,45)(H,41,46)/t23-,28-,30+,31+/m1/s1. The van der Waals surface area contributed by atoms with Gasteiger partial charge in [-0.2, -0.15) is 0 Å². The van der Waals surface area contributed by atoms with Crippen LogP contribution in [0.15, 0.2) is 78.9 Å². The third-order valence-corrected chi connectivity index (χ3v) is 9.03. The van der Waals surface area contributed by atoms with Crippen LogP contribution in [0.1, 0.15) is 48.9 Å². The first kappa shape index (κ1) is 33.7. The minimum Gasteiger partial charge on any atom is -0.343 e. The Morgan fingerprint density at radius 3 is 2.19 bits per heavy atom. The molecule has 3 aromatic rings. The van der Waals surface area contributed by atoms with Gasteiger partial charge in [-0.3, -0.25) is 19.2 Å². The van der Waals surface area contributed by atoms with Crippen molar-refractivity contribution in [1.29, 1.82) is 0 Å². The van der Waals surface area contributed by atoms with E-state index >= 15 is 0 Å². The van der Waals surface area contributed by atoms with Gasteiger partial charge in [0.25, 0.3) is 0 Å². The summed E-state index contributed by atoms with van der Waals surface area (Å²) in [5, 5.41) is 8.96. The maximum Gasteiger partial charge on any atom is 0.247 e. The number of hydrogen-bond donors (Lipinski definition) is 3. The summed E-state index contributed by atoms with van der Waals surface area (Å²) in [5.74, 6) is -3.60. The minimum atomic E-state index is -1.13. The number of rotatable bonds is 10. The molecule has 2 aliphatic heterocycles. The van der Waals surface area contributed by atoms with Crippen molar-refractivity contribution >= 4 is 23.6 Å². The molecule has 0 spiro atoms. The predicted octanol–water partition coefficient (Wildman–Crippen LogP) is 3.35. The van der Waals surface area contributed by atoms with E-state index < -0.39 is 47.5 Å². The van der Waals surface area contributed by atoms with Gasteiger partial charge in [0, 0.05) is 37.7 Å². The lowest BCUT2D eigenvalue weighted by molar-refractivity contribution is -0.147. The van der Waals surface area contributed by atoms with Crippen LogP contribution < -0.4 is 16.0 Å². The largest absolute Gasteiger partial charge is 0.343 e. The molecule has 4 amide bonds. The molecule has 3 N–H and O–H groups in total. The summed E-state index contributed by atoms with van der Waals surface area (Å²) in [4.78, 5) is 58.0. The molecule has 5 rings (SSSR count). The summed E-state index contributed by atoms with van der Waals surface area (Å²) < 4.78 is 27.9. The number of benzene rings is 3. The molecule has 0 unspecified atom stereocenters. The van der Waals surface area contributed by atoms with Crippen LogP contribution >= 0.6 is 0 Å². The molecular formula is C36H41F2N5O4. The van der Waals surface area contributed by atoms with Crippen molar-refractivity contribution in [2.45, 2.75) is 56.8 Å². The first-order valence-corrected chi connectivity index (χ1v) is 16.0. The van der Waals surface area contributed by atoms with E-state index in [-0.39, 0.29) is 42.9 Å². The topological polar surface area (TPSA) is 111 Å². The molecule has 9 nitrogen and oxygen atoms in total. The Balaban J connectivity index is 1.39. The predicted molar refractivity (Wildman–Crippen MR) is 173 cm³/mol. The Bertz CT molecular complexity index is 1530. The van der Waals surface area contributed by atoms with Gasteiger partial charge in [-0.1, -0.05) is 73.7 Å². The zero-order chi connectivity index (χ0) is 33.5. The molecule has 3 aromatic carbocycles. The highest BCUT2D eigenvalue weighted by atomic mass is 19.1. The summed E-state index contributed by atoms with van der Waals surface area (Å²) in [7, 11) is 1.72. The zero-order valence-corrected chi connectivity index (χ0v) is 26.6. The molecule has 2 aliphatic rings. The van der Waals surface area contributed by atoms with Crippen LogP contribution in [0.25, 0.3) is 0 Å². The molecule has 2 fully saturated rings. The average Bonchev–Trinajstić information content (AvgIpc) is 3.49. The van der Waals surface area contributed by atoms with Crippen LogP contribution in [-0.2, 0) is 25.6 Å². The second-order valence-corrected chi connectivity index (χ2v) is 12.3. The summed E-state index contributed by atoms with van der Waals surface area (Å²) in [5.41, 5.74) is 1.84. The minimum absolute atomic E-state index is 0.0404. The average molecular weight is 646 g/mol. The normalized spacial score (nSPS) is 20.3. The van der Waals surface area contributed by atoms with Gasteiger partial charge in [0.05, 0.1) is 12.5 Å². The van der Waals surface area contributed by atoms with Crippen molar-refractivity contribution < 1.29 is 28.0 Å². The smallest absolute Gasteiger partial charge is 0.247 e. The van der Waals surface area contributed by atoms with E-state index in [1.807, 2.05) is 60.7 Å². The number of halogens is 2. The van der Waals surface area contributed by atoms with Crippen molar-refractivity contribution in [2.75, 3.05) is 26.7 Å². The van der Waals surface area contributed by atoms with Crippen molar-refractivity contribution in [3.63, 3.8) is 0 Å². The van der Waals surface area contributed by atoms with Crippen LogP contribution in [0.4, 0.5) is 8.78 Å². The molecule has 0 bridgehead atoms. The van der Waals surface area contributed by atoms with E-state index in [1.165, 1.54) is 11.0 Å². The molecule has 2 heterocycles. The Morgan fingerprint density at radius 1 is 0.915 bits per heavy atom. The molecule has 0 aliphatic carbocycles. The Hall–Kier alpha value is -4.64. The highest BCUT2D eigenvalue weighted by Gasteiger charge is 2.46. The number of amides is 4. The van der Waals surface area contributed by atoms with E-state index in [4.69, 9.17) is 0 Å². The van der Waals surface area contributed by atoms with E-state index in [1.54, 1.807) is 18.9 Å². The van der Waals surface area contributed by atoms with Crippen molar-refractivity contribution in [3.05, 3.63) is 107 Å². The van der Waals surface area contributed by atoms with Gasteiger partial charge in [0.1, 0.15) is 23.7 Å². The lowest BCUT2D eigenvalue weighted by Gasteiger charge is -2.39. The summed E-state index contributed by atoms with van der Waals surface area (Å²) >= 11 is 0. The molecule has 0 saturated carbocycles. The highest BCUT2D eigenvalue weighted by Crippen LogP contribution is 2.31. The Labute approximate surface area is 273 Å². The fourth-order valence-electron chi connectivity index (χ4n) is 6.51. The van der Waals surface area contributed by atoms with Gasteiger partial charge in [-0.05, 0) is 49.1 Å². The lowest BCUT2D eigenvalue weighted by atomic mass is 9.98. The van der Waals surface area contributed by atoms with Crippen LogP contribution in [0.2, 0.25) is 0 Å². The van der Waals surface area contributed by atoms with Gasteiger partial charge >= 0.3 is 0 Å². The number of nitrogens with one attached hydrogen (secondary N) is 3. The molecular weight excluding hydrogens is 604 g/mol. The van der Waals surface area contributed by atoms with Gasteiger partial charge in [-0.25, -0.2) is 8.78 Å². The molecule has 248 valence electrons. The summed E-state index contributed by atoms with van der Waals surface area (Å²) in [6.45, 7) is 2.19. The third kappa shape index (κ3) is 8.02. The van der Waals surface area contributed by atoms with E-state index in [2.05, 4.69) is 16.0 Å². The van der Waals surface area contributed by atoms with Gasteiger partial charge in [0.15, 0.2) is 0 Å². The maximum absolute atomic E-state index is 14.4. The molecule has 11 heteroatoms. The summed E-state index contributed by atoms with van der Waals surface area (Å²) in [6, 6.07) is 19.6. The Morgan fingerprint density at radius 2 is 1.57 bits per heavy atom. The molecule has 0 aromatic heterocycles. The second kappa shape index (κ2) is 15.3. The van der Waals surface area contributed by atoms with Crippen molar-refractivity contribution in [2.24, 2.45) is 5.92 Å². The quantitative estimate of drug-likeness (QED) is 0.314. The zero-order valence-electron chi connectivity index (χ0n) is 26.6. The Kier molecular flexibility index (Phi) is 11.0. The van der Waals surface area contributed by atoms with E-state index in [9.17, 15) is 28.0 Å². The monoisotopic (exact) mass is 645 g/mol. The third-order valence-electron chi connectivity index (χ3n) is 9.03. The van der Waals surface area contributed by atoms with E-state index in [0.29, 0.717) is 25.8 Å². The first-order valence-electron chi connectivity index (χ1n) is 16.0. The maximum atomic E-state index is 14.4. The first-order chi connectivity index (χ1) is 22.7. The highest BCUT2D eigenvalue weighted by molar-refractivity contribution is 5.94.